The second-order valence-corrected chi connectivity index (χ2v) is 7.14. The predicted molar refractivity (Wildman–Crippen MR) is 97.2 cm³/mol. The molecule has 2 aliphatic rings. The molecule has 4 rings (SSSR count). The molecule has 136 valence electrons. The van der Waals surface area contributed by atoms with Crippen molar-refractivity contribution < 1.29 is 9.53 Å². The Morgan fingerprint density at radius 2 is 2.08 bits per heavy atom. The van der Waals surface area contributed by atoms with E-state index in [0.717, 1.165) is 51.3 Å². The monoisotopic (exact) mass is 353 g/mol. The lowest BCUT2D eigenvalue weighted by Crippen LogP contribution is -2.45. The number of ether oxygens (including phenoxy) is 1. The van der Waals surface area contributed by atoms with Gasteiger partial charge in [0.2, 0.25) is 5.88 Å². The summed E-state index contributed by atoms with van der Waals surface area (Å²) in [6.45, 7) is 3.44. The molecule has 2 aromatic rings. The van der Waals surface area contributed by atoms with Gasteiger partial charge in [-0.15, -0.1) is 0 Å². The van der Waals surface area contributed by atoms with E-state index in [-0.39, 0.29) is 11.3 Å². The van der Waals surface area contributed by atoms with Gasteiger partial charge in [0.05, 0.1) is 7.11 Å². The maximum Gasteiger partial charge on any atom is 0.272 e. The van der Waals surface area contributed by atoms with Gasteiger partial charge in [-0.2, -0.15) is 0 Å². The third kappa shape index (κ3) is 3.21. The molecule has 2 aromatic heterocycles. The van der Waals surface area contributed by atoms with Gasteiger partial charge >= 0.3 is 0 Å². The van der Waals surface area contributed by atoms with Gasteiger partial charge in [0.15, 0.2) is 0 Å². The van der Waals surface area contributed by atoms with E-state index in [4.69, 9.17) is 4.74 Å². The fourth-order valence-corrected chi connectivity index (χ4v) is 4.11. The number of likely N-dealkylation sites (tertiary alicyclic amines) is 1. The highest BCUT2D eigenvalue weighted by atomic mass is 16.5. The van der Waals surface area contributed by atoms with Crippen LogP contribution in [0.1, 0.15) is 29.8 Å². The molecule has 0 unspecified atom stereocenters. The number of pyridine rings is 1. The molecule has 1 amide bonds. The number of hydrogen-bond donors (Lipinski definition) is 0. The molecule has 2 aliphatic heterocycles. The van der Waals surface area contributed by atoms with E-state index in [0.29, 0.717) is 11.6 Å². The molecule has 0 bridgehead atoms. The zero-order chi connectivity index (χ0) is 18.0. The van der Waals surface area contributed by atoms with E-state index in [1.807, 2.05) is 23.1 Å². The van der Waals surface area contributed by atoms with Crippen LogP contribution in [0.2, 0.25) is 0 Å². The first kappa shape index (κ1) is 16.8. The summed E-state index contributed by atoms with van der Waals surface area (Å²) in [5.41, 5.74) is 0.652. The minimum absolute atomic E-state index is 0.0308. The topological polar surface area (TPSA) is 71.5 Å². The van der Waals surface area contributed by atoms with Crippen LogP contribution in [0.25, 0.3) is 0 Å². The first-order valence-electron chi connectivity index (χ1n) is 9.00. The highest BCUT2D eigenvalue weighted by Gasteiger charge is 2.43. The van der Waals surface area contributed by atoms with Crippen molar-refractivity contribution in [3.63, 3.8) is 0 Å². The Hall–Kier alpha value is -2.70. The third-order valence-electron chi connectivity index (χ3n) is 5.43. The largest absolute Gasteiger partial charge is 0.481 e. The lowest BCUT2D eigenvalue weighted by atomic mass is 9.79. The van der Waals surface area contributed by atoms with Crippen molar-refractivity contribution in [3.05, 3.63) is 42.5 Å². The van der Waals surface area contributed by atoms with Crippen molar-refractivity contribution in [1.29, 1.82) is 0 Å². The number of amides is 1. The number of nitrogens with zero attached hydrogens (tertiary/aromatic N) is 5. The van der Waals surface area contributed by atoms with Crippen LogP contribution in [0.5, 0.6) is 5.88 Å². The van der Waals surface area contributed by atoms with E-state index < -0.39 is 0 Å². The Balaban J connectivity index is 1.48. The quantitative estimate of drug-likeness (QED) is 0.841. The molecule has 7 nitrogen and oxygen atoms in total. The molecule has 7 heteroatoms. The molecule has 4 heterocycles. The SMILES string of the molecule is COc1cc(N2CCC[C@@]3(CCN(C(=O)c4ccccn4)C3)C2)ncn1. The summed E-state index contributed by atoms with van der Waals surface area (Å²) in [7, 11) is 1.61. The van der Waals surface area contributed by atoms with Gasteiger partial charge in [-0.05, 0) is 31.4 Å². The molecule has 0 aromatic carbocycles. The van der Waals surface area contributed by atoms with E-state index >= 15 is 0 Å². The zero-order valence-electron chi connectivity index (χ0n) is 15.0. The number of rotatable bonds is 3. The van der Waals surface area contributed by atoms with Gasteiger partial charge in [0.1, 0.15) is 17.8 Å². The number of methoxy groups -OCH3 is 1. The number of carbonyl (C=O) groups is 1. The van der Waals surface area contributed by atoms with Gasteiger partial charge < -0.3 is 14.5 Å². The Kier molecular flexibility index (Phi) is 4.44. The molecule has 26 heavy (non-hydrogen) atoms. The van der Waals surface area contributed by atoms with E-state index in [1.165, 1.54) is 0 Å². The maximum atomic E-state index is 12.7. The van der Waals surface area contributed by atoms with Crippen LogP contribution in [0.3, 0.4) is 0 Å². The number of aromatic nitrogens is 3. The van der Waals surface area contributed by atoms with Crippen molar-refractivity contribution in [2.24, 2.45) is 5.41 Å². The van der Waals surface area contributed by atoms with Crippen molar-refractivity contribution in [2.75, 3.05) is 38.2 Å². The minimum Gasteiger partial charge on any atom is -0.481 e. The number of hydrogen-bond acceptors (Lipinski definition) is 6. The molecule has 0 saturated carbocycles. The van der Waals surface area contributed by atoms with Crippen molar-refractivity contribution in [1.82, 2.24) is 19.9 Å². The van der Waals surface area contributed by atoms with Crippen LogP contribution in [-0.4, -0.2) is 59.0 Å². The smallest absolute Gasteiger partial charge is 0.272 e. The van der Waals surface area contributed by atoms with Crippen LogP contribution in [-0.2, 0) is 0 Å². The molecular weight excluding hydrogens is 330 g/mol. The summed E-state index contributed by atoms with van der Waals surface area (Å²) in [4.78, 5) is 29.7. The molecule has 0 radical (unpaired) electrons. The zero-order valence-corrected chi connectivity index (χ0v) is 15.0. The number of piperidine rings is 1. The van der Waals surface area contributed by atoms with E-state index in [2.05, 4.69) is 19.9 Å². The average Bonchev–Trinajstić information content (AvgIpc) is 3.11. The molecule has 0 N–H and O–H groups in total. The Labute approximate surface area is 153 Å². The Morgan fingerprint density at radius 3 is 2.88 bits per heavy atom. The molecule has 2 saturated heterocycles. The normalized spacial score (nSPS) is 22.7. The summed E-state index contributed by atoms with van der Waals surface area (Å²) >= 11 is 0. The van der Waals surface area contributed by atoms with Gasteiger partial charge in [0, 0.05) is 43.9 Å². The van der Waals surface area contributed by atoms with Gasteiger partial charge in [-0.25, -0.2) is 9.97 Å². The fourth-order valence-electron chi connectivity index (χ4n) is 4.11. The summed E-state index contributed by atoms with van der Waals surface area (Å²) in [6.07, 6.45) is 6.46. The maximum absolute atomic E-state index is 12.7. The standard InChI is InChI=1S/C19H23N5O2/c1-26-17-11-16(21-14-22-17)23-9-4-6-19(12-23)7-10-24(13-19)18(25)15-5-2-3-8-20-15/h2-3,5,8,11,14H,4,6-7,9-10,12-13H2,1H3/t19-/m1/s1. The minimum atomic E-state index is 0.0308. The average molecular weight is 353 g/mol. The van der Waals surface area contributed by atoms with Crippen LogP contribution in [0.15, 0.2) is 36.8 Å². The second kappa shape index (κ2) is 6.90. The van der Waals surface area contributed by atoms with Crippen LogP contribution in [0, 0.1) is 5.41 Å². The van der Waals surface area contributed by atoms with Gasteiger partial charge in [-0.1, -0.05) is 6.07 Å². The molecule has 2 fully saturated rings. The van der Waals surface area contributed by atoms with Crippen molar-refractivity contribution >= 4 is 11.7 Å². The first-order chi connectivity index (χ1) is 12.7. The summed E-state index contributed by atoms with van der Waals surface area (Å²) in [6, 6.07) is 7.35. The highest BCUT2D eigenvalue weighted by molar-refractivity contribution is 5.92. The summed E-state index contributed by atoms with van der Waals surface area (Å²) in [5, 5.41) is 0. The fraction of sp³-hybridized carbons (Fsp3) is 0.474. The Bertz CT molecular complexity index is 785. The van der Waals surface area contributed by atoms with Crippen LogP contribution < -0.4 is 9.64 Å². The van der Waals surface area contributed by atoms with Crippen LogP contribution in [0.4, 0.5) is 5.82 Å². The molecule has 1 atom stereocenters. The van der Waals surface area contributed by atoms with Gasteiger partial charge in [-0.3, -0.25) is 9.78 Å². The molecular formula is C19H23N5O2. The Morgan fingerprint density at radius 1 is 1.15 bits per heavy atom. The number of carbonyl (C=O) groups excluding carboxylic acids is 1. The summed E-state index contributed by atoms with van der Waals surface area (Å²) < 4.78 is 5.22. The van der Waals surface area contributed by atoms with Crippen molar-refractivity contribution in [3.8, 4) is 5.88 Å². The van der Waals surface area contributed by atoms with Crippen LogP contribution >= 0.6 is 0 Å². The second-order valence-electron chi connectivity index (χ2n) is 7.14. The highest BCUT2D eigenvalue weighted by Crippen LogP contribution is 2.40. The lowest BCUT2D eigenvalue weighted by Gasteiger charge is -2.40. The van der Waals surface area contributed by atoms with Gasteiger partial charge in [0.25, 0.3) is 5.91 Å². The molecule has 0 aliphatic carbocycles. The van der Waals surface area contributed by atoms with Crippen molar-refractivity contribution in [2.45, 2.75) is 19.3 Å². The van der Waals surface area contributed by atoms with E-state index in [1.54, 1.807) is 25.7 Å². The summed E-state index contributed by atoms with van der Waals surface area (Å²) in [5.74, 6) is 1.50. The first-order valence-corrected chi connectivity index (χ1v) is 9.00. The third-order valence-corrected chi connectivity index (χ3v) is 5.43. The number of anilines is 1. The lowest BCUT2D eigenvalue weighted by molar-refractivity contribution is 0.0761. The molecule has 1 spiro atoms. The predicted octanol–water partition coefficient (Wildman–Crippen LogP) is 2.01. The van der Waals surface area contributed by atoms with E-state index in [9.17, 15) is 4.79 Å².